The standard InChI is InChI=1S/C21H18FN5O3S2/c1-11-19(17-6-4-14(32-17)8-23-12(2)28)26-21(31-11)25-18(29)9-27-10-24-16-5-3-13(22)7-15(16)20(27)30/h3-7,10H,8-9H2,1-2H3,(H,23,28)(H,25,26,29). The van der Waals surface area contributed by atoms with Crippen molar-refractivity contribution in [3.8, 4) is 10.6 Å². The molecule has 2 N–H and O–H groups in total. The summed E-state index contributed by atoms with van der Waals surface area (Å²) in [5.74, 6) is -1.08. The summed E-state index contributed by atoms with van der Waals surface area (Å²) in [6, 6.07) is 7.60. The minimum absolute atomic E-state index is 0.0966. The third-order valence-corrected chi connectivity index (χ3v) is 6.53. The number of thiophene rings is 1. The van der Waals surface area contributed by atoms with Gasteiger partial charge in [-0.25, -0.2) is 14.4 Å². The average molecular weight is 472 g/mol. The van der Waals surface area contributed by atoms with E-state index in [0.717, 1.165) is 31.0 Å². The molecule has 2 amide bonds. The molecule has 0 aliphatic carbocycles. The lowest BCUT2D eigenvalue weighted by Gasteiger charge is -2.06. The van der Waals surface area contributed by atoms with E-state index in [1.165, 1.54) is 48.1 Å². The van der Waals surface area contributed by atoms with Crippen molar-refractivity contribution < 1.29 is 14.0 Å². The summed E-state index contributed by atoms with van der Waals surface area (Å²) in [6.45, 7) is 3.55. The molecule has 0 saturated carbocycles. The van der Waals surface area contributed by atoms with Crippen LogP contribution in [-0.4, -0.2) is 26.3 Å². The van der Waals surface area contributed by atoms with Crippen LogP contribution in [0.15, 0.2) is 41.5 Å². The van der Waals surface area contributed by atoms with Crippen LogP contribution in [0.2, 0.25) is 0 Å². The summed E-state index contributed by atoms with van der Waals surface area (Å²) < 4.78 is 14.6. The lowest BCUT2D eigenvalue weighted by atomic mass is 10.2. The molecule has 0 fully saturated rings. The second kappa shape index (κ2) is 8.97. The topological polar surface area (TPSA) is 106 Å². The zero-order valence-electron chi connectivity index (χ0n) is 17.1. The summed E-state index contributed by atoms with van der Waals surface area (Å²) in [5, 5.41) is 5.99. The number of hydrogen-bond donors (Lipinski definition) is 2. The van der Waals surface area contributed by atoms with Crippen LogP contribution in [0.25, 0.3) is 21.5 Å². The third-order valence-electron chi connectivity index (χ3n) is 4.55. The quantitative estimate of drug-likeness (QED) is 0.449. The van der Waals surface area contributed by atoms with Crippen LogP contribution < -0.4 is 16.2 Å². The van der Waals surface area contributed by atoms with E-state index in [1.54, 1.807) is 0 Å². The molecule has 3 heterocycles. The maximum absolute atomic E-state index is 13.5. The number of rotatable bonds is 6. The highest BCUT2D eigenvalue weighted by Crippen LogP contribution is 2.34. The Kier molecular flexibility index (Phi) is 6.10. The average Bonchev–Trinajstić information content (AvgIpc) is 3.35. The summed E-state index contributed by atoms with van der Waals surface area (Å²) in [5.41, 5.74) is 0.623. The number of benzene rings is 1. The molecule has 0 spiro atoms. The third kappa shape index (κ3) is 4.73. The molecule has 0 atom stereocenters. The Balaban J connectivity index is 1.48. The maximum Gasteiger partial charge on any atom is 0.261 e. The molecule has 8 nitrogen and oxygen atoms in total. The van der Waals surface area contributed by atoms with Crippen molar-refractivity contribution in [3.05, 3.63) is 62.6 Å². The number of hydrogen-bond acceptors (Lipinski definition) is 7. The number of nitrogens with zero attached hydrogens (tertiary/aromatic N) is 3. The van der Waals surface area contributed by atoms with Gasteiger partial charge in [0.15, 0.2) is 5.13 Å². The SMILES string of the molecule is CC(=O)NCc1ccc(-c2nc(NC(=O)Cn3cnc4ccc(F)cc4c3=O)sc2C)s1. The Morgan fingerprint density at radius 2 is 2.00 bits per heavy atom. The van der Waals surface area contributed by atoms with Gasteiger partial charge in [-0.2, -0.15) is 0 Å². The van der Waals surface area contributed by atoms with Gasteiger partial charge in [-0.3, -0.25) is 19.0 Å². The minimum Gasteiger partial charge on any atom is -0.351 e. The number of aryl methyl sites for hydroxylation is 1. The largest absolute Gasteiger partial charge is 0.351 e. The normalized spacial score (nSPS) is 11.0. The van der Waals surface area contributed by atoms with Crippen LogP contribution in [0.1, 0.15) is 16.7 Å². The molecule has 4 aromatic rings. The predicted octanol–water partition coefficient (Wildman–Crippen LogP) is 3.30. The fraction of sp³-hybridized carbons (Fsp3) is 0.190. The van der Waals surface area contributed by atoms with Crippen molar-refractivity contribution >= 4 is 50.5 Å². The van der Waals surface area contributed by atoms with E-state index in [9.17, 15) is 18.8 Å². The van der Waals surface area contributed by atoms with E-state index in [1.807, 2.05) is 19.1 Å². The first-order chi connectivity index (χ1) is 15.3. The molecule has 1 aromatic carbocycles. The second-order valence-electron chi connectivity index (χ2n) is 6.99. The smallest absolute Gasteiger partial charge is 0.261 e. The van der Waals surface area contributed by atoms with Crippen LogP contribution in [0.3, 0.4) is 0 Å². The molecule has 0 bridgehead atoms. The lowest BCUT2D eigenvalue weighted by molar-refractivity contribution is -0.119. The van der Waals surface area contributed by atoms with E-state index in [2.05, 4.69) is 20.6 Å². The number of fused-ring (bicyclic) bond motifs is 1. The van der Waals surface area contributed by atoms with Gasteiger partial charge in [-0.1, -0.05) is 0 Å². The van der Waals surface area contributed by atoms with Gasteiger partial charge in [0.05, 0.1) is 34.3 Å². The highest BCUT2D eigenvalue weighted by atomic mass is 32.1. The molecule has 0 saturated heterocycles. The zero-order chi connectivity index (χ0) is 22.8. The van der Waals surface area contributed by atoms with Gasteiger partial charge >= 0.3 is 0 Å². The molecular formula is C21H18FN5O3S2. The van der Waals surface area contributed by atoms with Gasteiger partial charge < -0.3 is 10.6 Å². The van der Waals surface area contributed by atoms with Gasteiger partial charge in [-0.05, 0) is 37.3 Å². The number of halogens is 1. The first kappa shape index (κ1) is 21.8. The van der Waals surface area contributed by atoms with Crippen molar-refractivity contribution in [1.82, 2.24) is 19.9 Å². The molecule has 0 aliphatic heterocycles. The second-order valence-corrected chi connectivity index (χ2v) is 9.36. The minimum atomic E-state index is -0.543. The van der Waals surface area contributed by atoms with Crippen molar-refractivity contribution in [3.63, 3.8) is 0 Å². The Morgan fingerprint density at radius 3 is 2.78 bits per heavy atom. The van der Waals surface area contributed by atoms with Crippen molar-refractivity contribution in [1.29, 1.82) is 0 Å². The highest BCUT2D eigenvalue weighted by molar-refractivity contribution is 7.18. The molecule has 164 valence electrons. The zero-order valence-corrected chi connectivity index (χ0v) is 18.8. The fourth-order valence-corrected chi connectivity index (χ4v) is 4.95. The van der Waals surface area contributed by atoms with E-state index < -0.39 is 17.3 Å². The number of nitrogens with one attached hydrogen (secondary N) is 2. The van der Waals surface area contributed by atoms with Crippen molar-refractivity contribution in [2.24, 2.45) is 0 Å². The van der Waals surface area contributed by atoms with E-state index in [0.29, 0.717) is 17.2 Å². The van der Waals surface area contributed by atoms with Gasteiger partial charge in [0.2, 0.25) is 11.8 Å². The Labute approximate surface area is 189 Å². The summed E-state index contributed by atoms with van der Waals surface area (Å²) in [6.07, 6.45) is 1.27. The van der Waals surface area contributed by atoms with Crippen molar-refractivity contribution in [2.75, 3.05) is 5.32 Å². The van der Waals surface area contributed by atoms with Crippen LogP contribution in [0, 0.1) is 12.7 Å². The molecule has 0 radical (unpaired) electrons. The van der Waals surface area contributed by atoms with E-state index in [-0.39, 0.29) is 17.8 Å². The van der Waals surface area contributed by atoms with Gasteiger partial charge in [0, 0.05) is 16.7 Å². The number of carbonyl (C=O) groups excluding carboxylic acids is 2. The molecule has 3 aromatic heterocycles. The monoisotopic (exact) mass is 471 g/mol. The van der Waals surface area contributed by atoms with E-state index >= 15 is 0 Å². The lowest BCUT2D eigenvalue weighted by Crippen LogP contribution is -2.27. The number of carbonyl (C=O) groups is 2. The van der Waals surface area contributed by atoms with Crippen LogP contribution >= 0.6 is 22.7 Å². The van der Waals surface area contributed by atoms with Crippen LogP contribution in [0.5, 0.6) is 0 Å². The summed E-state index contributed by atoms with van der Waals surface area (Å²) >= 11 is 2.84. The van der Waals surface area contributed by atoms with Crippen LogP contribution in [-0.2, 0) is 22.7 Å². The maximum atomic E-state index is 13.5. The summed E-state index contributed by atoms with van der Waals surface area (Å²) in [7, 11) is 0. The Morgan fingerprint density at radius 1 is 1.19 bits per heavy atom. The number of anilines is 1. The number of amides is 2. The first-order valence-corrected chi connectivity index (χ1v) is 11.2. The predicted molar refractivity (Wildman–Crippen MR) is 122 cm³/mol. The molecule has 32 heavy (non-hydrogen) atoms. The first-order valence-electron chi connectivity index (χ1n) is 9.55. The molecular weight excluding hydrogens is 453 g/mol. The van der Waals surface area contributed by atoms with E-state index in [4.69, 9.17) is 0 Å². The Hall–Kier alpha value is -3.44. The molecule has 0 aliphatic rings. The molecule has 11 heteroatoms. The van der Waals surface area contributed by atoms with Gasteiger partial charge in [0.25, 0.3) is 5.56 Å². The van der Waals surface area contributed by atoms with Gasteiger partial charge in [-0.15, -0.1) is 22.7 Å². The molecule has 0 unspecified atom stereocenters. The highest BCUT2D eigenvalue weighted by Gasteiger charge is 2.15. The van der Waals surface area contributed by atoms with Crippen molar-refractivity contribution in [2.45, 2.75) is 26.9 Å². The number of thiazole rings is 1. The fourth-order valence-electron chi connectivity index (χ4n) is 3.05. The summed E-state index contributed by atoms with van der Waals surface area (Å²) in [4.78, 5) is 47.6. The molecule has 4 rings (SSSR count). The Bertz CT molecular complexity index is 1390. The van der Waals surface area contributed by atoms with Gasteiger partial charge in [0.1, 0.15) is 12.4 Å². The number of aromatic nitrogens is 3. The van der Waals surface area contributed by atoms with Crippen LogP contribution in [0.4, 0.5) is 9.52 Å².